The number of nitrogens with zero attached hydrogens (tertiary/aromatic N) is 1. The minimum atomic E-state index is 1.07. The maximum Gasteiger partial charge on any atom is 0.0740 e. The molecule has 0 saturated carbocycles. The molecule has 0 unspecified atom stereocenters. The van der Waals surface area contributed by atoms with Gasteiger partial charge in [0.2, 0.25) is 0 Å². The second kappa shape index (κ2) is 5.31. The number of allylic oxidation sites excluding steroid dienone is 4. The van der Waals surface area contributed by atoms with Crippen LogP contribution in [-0.2, 0) is 0 Å². The molecule has 24 heavy (non-hydrogen) atoms. The second-order valence-corrected chi connectivity index (χ2v) is 6.36. The summed E-state index contributed by atoms with van der Waals surface area (Å²) < 4.78 is 0. The molecule has 4 aromatic rings. The quantitative estimate of drug-likeness (QED) is 0.377. The van der Waals surface area contributed by atoms with Gasteiger partial charge in [0.25, 0.3) is 0 Å². The van der Waals surface area contributed by atoms with E-state index in [1.165, 1.54) is 37.9 Å². The summed E-state index contributed by atoms with van der Waals surface area (Å²) in [6.07, 6.45) is 10.7. The van der Waals surface area contributed by atoms with E-state index in [1.807, 2.05) is 6.20 Å². The first-order valence-electron chi connectivity index (χ1n) is 8.47. The maximum atomic E-state index is 4.70. The van der Waals surface area contributed by atoms with Crippen LogP contribution in [0.1, 0.15) is 18.5 Å². The minimum Gasteiger partial charge on any atom is -0.256 e. The highest BCUT2D eigenvalue weighted by molar-refractivity contribution is 6.18. The van der Waals surface area contributed by atoms with Crippen LogP contribution in [0.25, 0.3) is 37.9 Å². The predicted molar refractivity (Wildman–Crippen MR) is 103 cm³/mol. The number of pyridine rings is 1. The van der Waals surface area contributed by atoms with Crippen molar-refractivity contribution in [2.75, 3.05) is 0 Å². The topological polar surface area (TPSA) is 12.9 Å². The summed E-state index contributed by atoms with van der Waals surface area (Å²) in [7, 11) is 0. The summed E-state index contributed by atoms with van der Waals surface area (Å²) in [6.45, 7) is 0. The van der Waals surface area contributed by atoms with E-state index in [0.717, 1.165) is 18.5 Å². The molecule has 1 heterocycles. The third-order valence-electron chi connectivity index (χ3n) is 4.99. The lowest BCUT2D eigenvalue weighted by Crippen LogP contribution is -1.94. The number of benzene rings is 3. The van der Waals surface area contributed by atoms with Gasteiger partial charge < -0.3 is 0 Å². The van der Waals surface area contributed by atoms with Gasteiger partial charge in [-0.15, -0.1) is 0 Å². The van der Waals surface area contributed by atoms with Crippen molar-refractivity contribution in [2.45, 2.75) is 12.8 Å². The fourth-order valence-electron chi connectivity index (χ4n) is 3.81. The van der Waals surface area contributed by atoms with Crippen LogP contribution in [-0.4, -0.2) is 4.98 Å². The van der Waals surface area contributed by atoms with Gasteiger partial charge in [0, 0.05) is 11.6 Å². The number of fused-ring (bicyclic) bond motifs is 5. The van der Waals surface area contributed by atoms with Gasteiger partial charge in [-0.2, -0.15) is 0 Å². The minimum absolute atomic E-state index is 1.07. The average molecular weight is 307 g/mol. The zero-order valence-corrected chi connectivity index (χ0v) is 13.4. The summed E-state index contributed by atoms with van der Waals surface area (Å²) in [6, 6.07) is 19.7. The first-order chi connectivity index (χ1) is 11.9. The lowest BCUT2D eigenvalue weighted by atomic mass is 9.93. The summed E-state index contributed by atoms with van der Waals surface area (Å²) in [5.74, 6) is 0. The first-order valence-corrected chi connectivity index (χ1v) is 8.47. The second-order valence-electron chi connectivity index (χ2n) is 6.36. The van der Waals surface area contributed by atoms with E-state index < -0.39 is 0 Å². The van der Waals surface area contributed by atoms with Crippen molar-refractivity contribution in [1.82, 2.24) is 4.98 Å². The van der Waals surface area contributed by atoms with Gasteiger partial charge in [-0.05, 0) is 51.4 Å². The molecule has 0 fully saturated rings. The van der Waals surface area contributed by atoms with Gasteiger partial charge in [0.05, 0.1) is 5.69 Å². The Kier molecular flexibility index (Phi) is 2.99. The van der Waals surface area contributed by atoms with E-state index in [9.17, 15) is 0 Å². The zero-order valence-electron chi connectivity index (χ0n) is 13.4. The Bertz CT molecular complexity index is 1150. The fraction of sp³-hybridized carbons (Fsp3) is 0.0870. The van der Waals surface area contributed by atoms with E-state index in [4.69, 9.17) is 4.98 Å². The molecule has 0 N–H and O–H groups in total. The molecule has 0 atom stereocenters. The van der Waals surface area contributed by atoms with Crippen LogP contribution in [0.4, 0.5) is 0 Å². The summed E-state index contributed by atoms with van der Waals surface area (Å²) in [5.41, 5.74) is 2.47. The lowest BCUT2D eigenvalue weighted by Gasteiger charge is -2.13. The van der Waals surface area contributed by atoms with Crippen LogP contribution in [0.3, 0.4) is 0 Å². The van der Waals surface area contributed by atoms with Crippen molar-refractivity contribution in [3.63, 3.8) is 0 Å². The van der Waals surface area contributed by atoms with Gasteiger partial charge in [-0.25, -0.2) is 0 Å². The normalized spacial score (nSPS) is 14.4. The van der Waals surface area contributed by atoms with E-state index in [1.54, 1.807) is 0 Å². The van der Waals surface area contributed by atoms with Crippen molar-refractivity contribution >= 4 is 37.9 Å². The SMILES string of the molecule is C1=CCCC(c2nccc3c2ccc2c4ccccc4ccc32)=C1. The van der Waals surface area contributed by atoms with Gasteiger partial charge in [-0.1, -0.05) is 66.8 Å². The van der Waals surface area contributed by atoms with E-state index in [2.05, 4.69) is 72.8 Å². The van der Waals surface area contributed by atoms with Crippen molar-refractivity contribution < 1.29 is 0 Å². The average Bonchev–Trinajstić information content (AvgIpc) is 2.67. The molecule has 3 aromatic carbocycles. The van der Waals surface area contributed by atoms with Crippen LogP contribution in [0.2, 0.25) is 0 Å². The Morgan fingerprint density at radius 2 is 1.50 bits per heavy atom. The largest absolute Gasteiger partial charge is 0.256 e. The van der Waals surface area contributed by atoms with E-state index >= 15 is 0 Å². The highest BCUT2D eigenvalue weighted by Gasteiger charge is 2.11. The Balaban J connectivity index is 1.87. The lowest BCUT2D eigenvalue weighted by molar-refractivity contribution is 1.04. The zero-order chi connectivity index (χ0) is 15.9. The molecule has 1 aliphatic carbocycles. The number of rotatable bonds is 1. The van der Waals surface area contributed by atoms with Crippen LogP contribution in [0.5, 0.6) is 0 Å². The molecule has 1 aliphatic rings. The smallest absolute Gasteiger partial charge is 0.0740 e. The molecule has 0 aliphatic heterocycles. The molecule has 0 amide bonds. The van der Waals surface area contributed by atoms with Gasteiger partial charge >= 0.3 is 0 Å². The standard InChI is InChI=1S/C23H17N/c1-2-7-17(8-3-1)23-22-13-12-19-18-9-5-4-6-16(18)10-11-20(19)21(22)14-15-24-23/h1-2,4-7,9-15H,3,8H2. The Morgan fingerprint density at radius 1 is 0.708 bits per heavy atom. The van der Waals surface area contributed by atoms with Crippen molar-refractivity contribution in [3.8, 4) is 0 Å². The van der Waals surface area contributed by atoms with Crippen LogP contribution in [0.15, 0.2) is 79.0 Å². The Hall–Kier alpha value is -2.93. The van der Waals surface area contributed by atoms with Crippen LogP contribution < -0.4 is 0 Å². The first kappa shape index (κ1) is 13.5. The van der Waals surface area contributed by atoms with E-state index in [0.29, 0.717) is 0 Å². The fourth-order valence-corrected chi connectivity index (χ4v) is 3.81. The van der Waals surface area contributed by atoms with Crippen molar-refractivity contribution in [2.24, 2.45) is 0 Å². The summed E-state index contributed by atoms with van der Waals surface area (Å²) in [5, 5.41) is 7.77. The van der Waals surface area contributed by atoms with E-state index in [-0.39, 0.29) is 0 Å². The molecular formula is C23H17N. The third-order valence-corrected chi connectivity index (χ3v) is 4.99. The van der Waals surface area contributed by atoms with Gasteiger partial charge in [0.1, 0.15) is 0 Å². The molecular weight excluding hydrogens is 290 g/mol. The predicted octanol–water partition coefficient (Wildman–Crippen LogP) is 6.27. The molecule has 1 nitrogen and oxygen atoms in total. The number of aromatic nitrogens is 1. The molecule has 0 saturated heterocycles. The third kappa shape index (κ3) is 1.98. The van der Waals surface area contributed by atoms with Crippen LogP contribution >= 0.6 is 0 Å². The molecule has 0 bridgehead atoms. The monoisotopic (exact) mass is 307 g/mol. The highest BCUT2D eigenvalue weighted by Crippen LogP contribution is 2.34. The van der Waals surface area contributed by atoms with Crippen molar-refractivity contribution in [1.29, 1.82) is 0 Å². The van der Waals surface area contributed by atoms with Crippen LogP contribution in [0, 0.1) is 0 Å². The van der Waals surface area contributed by atoms with Crippen molar-refractivity contribution in [3.05, 3.63) is 84.7 Å². The molecule has 5 rings (SSSR count). The molecule has 0 radical (unpaired) electrons. The van der Waals surface area contributed by atoms with Gasteiger partial charge in [0.15, 0.2) is 0 Å². The molecule has 1 heteroatoms. The summed E-state index contributed by atoms with van der Waals surface area (Å²) in [4.78, 5) is 4.70. The highest BCUT2D eigenvalue weighted by atomic mass is 14.7. The Labute approximate surface area is 141 Å². The summed E-state index contributed by atoms with van der Waals surface area (Å²) >= 11 is 0. The molecule has 1 aromatic heterocycles. The number of hydrogen-bond acceptors (Lipinski definition) is 1. The maximum absolute atomic E-state index is 4.70. The Morgan fingerprint density at radius 3 is 2.42 bits per heavy atom. The number of hydrogen-bond donors (Lipinski definition) is 0. The molecule has 0 spiro atoms. The molecule has 114 valence electrons. The van der Waals surface area contributed by atoms with Gasteiger partial charge in [-0.3, -0.25) is 4.98 Å².